The van der Waals surface area contributed by atoms with Gasteiger partial charge in [0.25, 0.3) is 5.91 Å². The lowest BCUT2D eigenvalue weighted by Gasteiger charge is -2.21. The third-order valence-corrected chi connectivity index (χ3v) is 6.17. The molecule has 1 amide bonds. The average molecular weight is 397 g/mol. The van der Waals surface area contributed by atoms with Gasteiger partial charge in [0.05, 0.1) is 12.5 Å². The molecular formula is C22H24N2O3S. The van der Waals surface area contributed by atoms with Crippen LogP contribution in [0.25, 0.3) is 0 Å². The second-order valence-corrected chi connectivity index (χ2v) is 8.41. The van der Waals surface area contributed by atoms with Gasteiger partial charge in [-0.3, -0.25) is 4.79 Å². The molecule has 6 heteroatoms. The summed E-state index contributed by atoms with van der Waals surface area (Å²) in [6, 6.07) is 11.5. The first kappa shape index (κ1) is 20.1. The minimum atomic E-state index is -0.454. The standard InChI is InChI=1S/C22H24N2O3S/c1-15-4-7-18(8-5-15)24(11-3-10-23)21(25)14-27-22(26)20-13-17-12-16(2)6-9-19(17)28-20/h4-5,7-8,13,16H,3,6,9,11-12,14H2,1-2H3. The summed E-state index contributed by atoms with van der Waals surface area (Å²) in [7, 11) is 0. The molecule has 1 aromatic carbocycles. The summed E-state index contributed by atoms with van der Waals surface area (Å²) in [6.45, 7) is 4.12. The topological polar surface area (TPSA) is 70.4 Å². The van der Waals surface area contributed by atoms with Crippen molar-refractivity contribution in [2.24, 2.45) is 5.92 Å². The molecule has 0 radical (unpaired) electrons. The molecule has 1 atom stereocenters. The highest BCUT2D eigenvalue weighted by molar-refractivity contribution is 7.14. The molecule has 5 nitrogen and oxygen atoms in total. The highest BCUT2D eigenvalue weighted by Gasteiger charge is 2.23. The SMILES string of the molecule is Cc1ccc(N(CCC#N)C(=O)COC(=O)c2cc3c(s2)CCC(C)C3)cc1. The van der Waals surface area contributed by atoms with Gasteiger partial charge in [-0.05, 0) is 55.9 Å². The Bertz CT molecular complexity index is 895. The summed E-state index contributed by atoms with van der Waals surface area (Å²) < 4.78 is 5.30. The van der Waals surface area contributed by atoms with Gasteiger partial charge >= 0.3 is 5.97 Å². The molecule has 0 saturated heterocycles. The predicted octanol–water partition coefficient (Wildman–Crippen LogP) is 4.29. The van der Waals surface area contributed by atoms with Crippen LogP contribution in [0.3, 0.4) is 0 Å². The summed E-state index contributed by atoms with van der Waals surface area (Å²) in [5, 5.41) is 8.88. The van der Waals surface area contributed by atoms with E-state index in [1.54, 1.807) is 0 Å². The molecule has 28 heavy (non-hydrogen) atoms. The Morgan fingerprint density at radius 1 is 1.32 bits per heavy atom. The van der Waals surface area contributed by atoms with Crippen LogP contribution in [0.4, 0.5) is 5.69 Å². The van der Waals surface area contributed by atoms with Gasteiger partial charge in [0.2, 0.25) is 0 Å². The number of hydrogen-bond acceptors (Lipinski definition) is 5. The quantitative estimate of drug-likeness (QED) is 0.683. The molecule has 1 aliphatic carbocycles. The van der Waals surface area contributed by atoms with Crippen molar-refractivity contribution in [1.82, 2.24) is 0 Å². The van der Waals surface area contributed by atoms with E-state index in [0.29, 0.717) is 16.5 Å². The predicted molar refractivity (Wildman–Crippen MR) is 110 cm³/mol. The number of nitrogens with zero attached hydrogens (tertiary/aromatic N) is 2. The number of rotatable bonds is 6. The first-order valence-electron chi connectivity index (χ1n) is 9.50. The second kappa shape index (κ2) is 9.03. The van der Waals surface area contributed by atoms with Gasteiger partial charge in [-0.2, -0.15) is 5.26 Å². The minimum absolute atomic E-state index is 0.212. The number of thiophene rings is 1. The van der Waals surface area contributed by atoms with Crippen LogP contribution in [0.5, 0.6) is 0 Å². The van der Waals surface area contributed by atoms with Gasteiger partial charge in [0, 0.05) is 17.1 Å². The number of esters is 1. The molecule has 1 heterocycles. The first-order chi connectivity index (χ1) is 13.5. The summed E-state index contributed by atoms with van der Waals surface area (Å²) in [6.07, 6.45) is 3.35. The molecule has 0 aliphatic heterocycles. The van der Waals surface area contributed by atoms with E-state index < -0.39 is 5.97 Å². The maximum Gasteiger partial charge on any atom is 0.348 e. The molecule has 1 aromatic heterocycles. The largest absolute Gasteiger partial charge is 0.451 e. The molecule has 1 unspecified atom stereocenters. The number of carbonyl (C=O) groups excluding carboxylic acids is 2. The van der Waals surface area contributed by atoms with Gasteiger partial charge in [0.1, 0.15) is 4.88 Å². The van der Waals surface area contributed by atoms with Gasteiger partial charge in [-0.15, -0.1) is 11.3 Å². The zero-order valence-corrected chi connectivity index (χ0v) is 17.1. The molecule has 0 bridgehead atoms. The van der Waals surface area contributed by atoms with E-state index in [0.717, 1.165) is 24.8 Å². The van der Waals surface area contributed by atoms with Crippen molar-refractivity contribution in [3.63, 3.8) is 0 Å². The third-order valence-electron chi connectivity index (χ3n) is 4.95. The molecule has 2 aromatic rings. The van der Waals surface area contributed by atoms with Crippen molar-refractivity contribution in [2.45, 2.75) is 39.5 Å². The molecule has 146 valence electrons. The Hall–Kier alpha value is -2.65. The van der Waals surface area contributed by atoms with Crippen molar-refractivity contribution in [3.8, 4) is 6.07 Å². The van der Waals surface area contributed by atoms with Crippen molar-refractivity contribution in [1.29, 1.82) is 5.26 Å². The van der Waals surface area contributed by atoms with Gasteiger partial charge in [-0.25, -0.2) is 4.79 Å². The Labute approximate surface area is 169 Å². The van der Waals surface area contributed by atoms with E-state index >= 15 is 0 Å². The fraction of sp³-hybridized carbons (Fsp3) is 0.409. The van der Waals surface area contributed by atoms with Crippen molar-refractivity contribution >= 4 is 28.9 Å². The van der Waals surface area contributed by atoms with Crippen molar-refractivity contribution in [2.75, 3.05) is 18.1 Å². The molecule has 0 saturated carbocycles. The highest BCUT2D eigenvalue weighted by atomic mass is 32.1. The number of amides is 1. The van der Waals surface area contributed by atoms with Gasteiger partial charge in [-0.1, -0.05) is 24.6 Å². The summed E-state index contributed by atoms with van der Waals surface area (Å²) in [4.78, 5) is 28.4. The molecule has 0 fully saturated rings. The zero-order valence-electron chi connectivity index (χ0n) is 16.2. The average Bonchev–Trinajstić information content (AvgIpc) is 3.11. The Kier molecular flexibility index (Phi) is 6.48. The molecule has 0 spiro atoms. The van der Waals surface area contributed by atoms with E-state index in [4.69, 9.17) is 10.00 Å². The fourth-order valence-electron chi connectivity index (χ4n) is 3.37. The smallest absolute Gasteiger partial charge is 0.348 e. The van der Waals surface area contributed by atoms with Gasteiger partial charge in [0.15, 0.2) is 6.61 Å². The lowest BCUT2D eigenvalue weighted by Crippen LogP contribution is -2.35. The Morgan fingerprint density at radius 3 is 2.79 bits per heavy atom. The van der Waals surface area contributed by atoms with E-state index in [1.165, 1.54) is 26.7 Å². The maximum atomic E-state index is 12.7. The van der Waals surface area contributed by atoms with Crippen LogP contribution < -0.4 is 4.90 Å². The van der Waals surface area contributed by atoms with Crippen LogP contribution in [0.1, 0.15) is 45.4 Å². The van der Waals surface area contributed by atoms with E-state index in [2.05, 4.69) is 13.0 Å². The van der Waals surface area contributed by atoms with Crippen LogP contribution in [0.15, 0.2) is 30.3 Å². The van der Waals surface area contributed by atoms with E-state index in [-0.39, 0.29) is 25.5 Å². The second-order valence-electron chi connectivity index (χ2n) is 7.27. The van der Waals surface area contributed by atoms with Crippen molar-refractivity contribution in [3.05, 3.63) is 51.2 Å². The third kappa shape index (κ3) is 4.79. The lowest BCUT2D eigenvalue weighted by atomic mass is 9.90. The maximum absolute atomic E-state index is 12.7. The summed E-state index contributed by atoms with van der Waals surface area (Å²) in [5.74, 6) is -0.150. The minimum Gasteiger partial charge on any atom is -0.451 e. The van der Waals surface area contributed by atoms with Crippen LogP contribution >= 0.6 is 11.3 Å². The van der Waals surface area contributed by atoms with Gasteiger partial charge < -0.3 is 9.64 Å². The lowest BCUT2D eigenvalue weighted by molar-refractivity contribution is -0.121. The number of aryl methyl sites for hydroxylation is 2. The van der Waals surface area contributed by atoms with Crippen LogP contribution in [-0.4, -0.2) is 25.0 Å². The molecular weight excluding hydrogens is 372 g/mol. The Morgan fingerprint density at radius 2 is 2.07 bits per heavy atom. The van der Waals surface area contributed by atoms with Crippen LogP contribution in [0, 0.1) is 24.2 Å². The fourth-order valence-corrected chi connectivity index (χ4v) is 4.47. The number of nitriles is 1. The number of ether oxygens (including phenoxy) is 1. The van der Waals surface area contributed by atoms with Crippen LogP contribution in [0.2, 0.25) is 0 Å². The molecule has 1 aliphatic rings. The summed E-state index contributed by atoms with van der Waals surface area (Å²) in [5.41, 5.74) is 3.01. The number of hydrogen-bond donors (Lipinski definition) is 0. The number of anilines is 1. The van der Waals surface area contributed by atoms with Crippen LogP contribution in [-0.2, 0) is 22.4 Å². The van der Waals surface area contributed by atoms with E-state index in [1.807, 2.05) is 37.3 Å². The number of benzene rings is 1. The number of fused-ring (bicyclic) bond motifs is 1. The monoisotopic (exact) mass is 396 g/mol. The Balaban J connectivity index is 1.64. The summed E-state index contributed by atoms with van der Waals surface area (Å²) >= 11 is 1.47. The van der Waals surface area contributed by atoms with Crippen molar-refractivity contribution < 1.29 is 14.3 Å². The first-order valence-corrected chi connectivity index (χ1v) is 10.3. The molecule has 3 rings (SSSR count). The zero-order chi connectivity index (χ0) is 20.1. The molecule has 0 N–H and O–H groups in total. The highest BCUT2D eigenvalue weighted by Crippen LogP contribution is 2.32. The normalized spacial score (nSPS) is 15.4. The van der Waals surface area contributed by atoms with E-state index in [9.17, 15) is 9.59 Å². The number of carbonyl (C=O) groups is 2.